The van der Waals surface area contributed by atoms with Crippen LogP contribution in [-0.2, 0) is 0 Å². The van der Waals surface area contributed by atoms with E-state index in [9.17, 15) is 15.3 Å². The molecule has 0 aliphatic carbocycles. The zero-order valence-corrected chi connectivity index (χ0v) is 9.45. The Balaban J connectivity index is 4.08. The largest absolute Gasteiger partial charge is 0.396 e. The van der Waals surface area contributed by atoms with Gasteiger partial charge in [-0.05, 0) is 13.3 Å². The van der Waals surface area contributed by atoms with Gasteiger partial charge in [-0.15, -0.1) is 0 Å². The Morgan fingerprint density at radius 3 is 2.06 bits per heavy atom. The SMILES string of the molecule is CC(O)(CCO)CC(O)C(O)CC(O)CO. The molecule has 0 aliphatic rings. The molecule has 0 saturated carbocycles. The van der Waals surface area contributed by atoms with Crippen molar-refractivity contribution in [2.24, 2.45) is 0 Å². The number of rotatable bonds is 8. The molecule has 0 aromatic heterocycles. The summed E-state index contributed by atoms with van der Waals surface area (Å²) in [6.07, 6.45) is -3.68. The van der Waals surface area contributed by atoms with Crippen LogP contribution in [0.1, 0.15) is 26.2 Å². The van der Waals surface area contributed by atoms with Crippen LogP contribution in [0.5, 0.6) is 0 Å². The molecule has 0 aromatic rings. The van der Waals surface area contributed by atoms with E-state index in [1.54, 1.807) is 0 Å². The average molecular weight is 238 g/mol. The lowest BCUT2D eigenvalue weighted by Crippen LogP contribution is -2.38. The van der Waals surface area contributed by atoms with Crippen LogP contribution in [0.25, 0.3) is 0 Å². The molecule has 0 aromatic carbocycles. The maximum absolute atomic E-state index is 9.68. The molecule has 16 heavy (non-hydrogen) atoms. The van der Waals surface area contributed by atoms with Gasteiger partial charge >= 0.3 is 0 Å². The first-order valence-corrected chi connectivity index (χ1v) is 5.30. The number of aliphatic hydroxyl groups excluding tert-OH is 5. The van der Waals surface area contributed by atoms with Crippen molar-refractivity contribution in [3.8, 4) is 0 Å². The Kier molecular flexibility index (Phi) is 7.05. The highest BCUT2D eigenvalue weighted by atomic mass is 16.3. The molecule has 98 valence electrons. The third-order valence-electron chi connectivity index (χ3n) is 2.47. The van der Waals surface area contributed by atoms with E-state index < -0.39 is 30.5 Å². The molecule has 4 atom stereocenters. The van der Waals surface area contributed by atoms with Crippen molar-refractivity contribution in [3.63, 3.8) is 0 Å². The summed E-state index contributed by atoms with van der Waals surface area (Å²) in [5, 5.41) is 55.0. The smallest absolute Gasteiger partial charge is 0.0827 e. The van der Waals surface area contributed by atoms with E-state index >= 15 is 0 Å². The van der Waals surface area contributed by atoms with E-state index in [0.717, 1.165) is 0 Å². The molecule has 0 fully saturated rings. The van der Waals surface area contributed by atoms with E-state index in [-0.39, 0.29) is 25.9 Å². The molecule has 0 bridgehead atoms. The molecule has 0 radical (unpaired) electrons. The van der Waals surface area contributed by atoms with Gasteiger partial charge in [0.2, 0.25) is 0 Å². The lowest BCUT2D eigenvalue weighted by Gasteiger charge is -2.28. The fourth-order valence-electron chi connectivity index (χ4n) is 1.44. The van der Waals surface area contributed by atoms with Crippen molar-refractivity contribution in [1.82, 2.24) is 0 Å². The molecule has 0 spiro atoms. The Morgan fingerprint density at radius 2 is 1.62 bits per heavy atom. The van der Waals surface area contributed by atoms with Crippen LogP contribution < -0.4 is 0 Å². The second-order valence-electron chi connectivity index (χ2n) is 4.38. The molecule has 0 rings (SSSR count). The van der Waals surface area contributed by atoms with Crippen LogP contribution in [0, 0.1) is 0 Å². The number of hydrogen-bond donors (Lipinski definition) is 6. The van der Waals surface area contributed by atoms with Crippen molar-refractivity contribution in [2.75, 3.05) is 13.2 Å². The lowest BCUT2D eigenvalue weighted by atomic mass is 9.91. The molecule has 0 saturated heterocycles. The summed E-state index contributed by atoms with van der Waals surface area (Å²) < 4.78 is 0. The molecular weight excluding hydrogens is 216 g/mol. The summed E-state index contributed by atoms with van der Waals surface area (Å²) in [4.78, 5) is 0. The Hall–Kier alpha value is -0.240. The van der Waals surface area contributed by atoms with Crippen LogP contribution in [0.3, 0.4) is 0 Å². The van der Waals surface area contributed by atoms with Crippen molar-refractivity contribution in [1.29, 1.82) is 0 Å². The normalized spacial score (nSPS) is 21.2. The van der Waals surface area contributed by atoms with Crippen molar-refractivity contribution in [2.45, 2.75) is 50.1 Å². The summed E-state index contributed by atoms with van der Waals surface area (Å²) >= 11 is 0. The van der Waals surface area contributed by atoms with Crippen LogP contribution in [-0.4, -0.2) is 67.8 Å². The second kappa shape index (κ2) is 7.16. The summed E-state index contributed by atoms with van der Waals surface area (Å²) in [5.41, 5.74) is -1.26. The van der Waals surface area contributed by atoms with Gasteiger partial charge in [-0.1, -0.05) is 0 Å². The van der Waals surface area contributed by atoms with Crippen LogP contribution >= 0.6 is 0 Å². The van der Waals surface area contributed by atoms with Gasteiger partial charge in [-0.25, -0.2) is 0 Å². The maximum Gasteiger partial charge on any atom is 0.0827 e. The summed E-state index contributed by atoms with van der Waals surface area (Å²) in [7, 11) is 0. The molecule has 4 unspecified atom stereocenters. The first-order chi connectivity index (χ1) is 7.32. The highest BCUT2D eigenvalue weighted by molar-refractivity contribution is 4.81. The number of aliphatic hydroxyl groups is 6. The van der Waals surface area contributed by atoms with Crippen LogP contribution in [0.2, 0.25) is 0 Å². The highest BCUT2D eigenvalue weighted by Gasteiger charge is 2.28. The predicted molar refractivity (Wildman–Crippen MR) is 56.7 cm³/mol. The standard InChI is InChI=1S/C10H22O6/c1-10(16,2-3-11)5-9(15)8(14)4-7(13)6-12/h7-9,11-16H,2-6H2,1H3. The van der Waals surface area contributed by atoms with Gasteiger partial charge in [0, 0.05) is 19.4 Å². The van der Waals surface area contributed by atoms with E-state index in [1.165, 1.54) is 6.92 Å². The molecular formula is C10H22O6. The highest BCUT2D eigenvalue weighted by Crippen LogP contribution is 2.19. The van der Waals surface area contributed by atoms with E-state index in [4.69, 9.17) is 15.3 Å². The fourth-order valence-corrected chi connectivity index (χ4v) is 1.44. The van der Waals surface area contributed by atoms with E-state index in [0.29, 0.717) is 0 Å². The molecule has 0 amide bonds. The van der Waals surface area contributed by atoms with Crippen LogP contribution in [0.4, 0.5) is 0 Å². The first-order valence-electron chi connectivity index (χ1n) is 5.30. The topological polar surface area (TPSA) is 121 Å². The first kappa shape index (κ1) is 15.8. The van der Waals surface area contributed by atoms with Gasteiger partial charge in [0.1, 0.15) is 0 Å². The molecule has 6 heteroatoms. The molecule has 0 aliphatic heterocycles. The Labute approximate surface area is 94.8 Å². The van der Waals surface area contributed by atoms with E-state index in [1.807, 2.05) is 0 Å². The van der Waals surface area contributed by atoms with Gasteiger partial charge in [0.05, 0.1) is 30.5 Å². The fraction of sp³-hybridized carbons (Fsp3) is 1.00. The summed E-state index contributed by atoms with van der Waals surface area (Å²) in [6.45, 7) is 0.744. The van der Waals surface area contributed by atoms with E-state index in [2.05, 4.69) is 0 Å². The zero-order valence-electron chi connectivity index (χ0n) is 9.45. The van der Waals surface area contributed by atoms with Crippen LogP contribution in [0.15, 0.2) is 0 Å². The molecule has 0 heterocycles. The summed E-state index contributed by atoms with van der Waals surface area (Å²) in [5.74, 6) is 0. The Bertz CT molecular complexity index is 184. The van der Waals surface area contributed by atoms with Crippen molar-refractivity contribution in [3.05, 3.63) is 0 Å². The van der Waals surface area contributed by atoms with Gasteiger partial charge in [0.15, 0.2) is 0 Å². The predicted octanol–water partition coefficient (Wildman–Crippen LogP) is -2.03. The lowest BCUT2D eigenvalue weighted by molar-refractivity contribution is -0.0700. The molecule has 6 nitrogen and oxygen atoms in total. The minimum Gasteiger partial charge on any atom is -0.396 e. The maximum atomic E-state index is 9.68. The second-order valence-corrected chi connectivity index (χ2v) is 4.38. The Morgan fingerprint density at radius 1 is 1.06 bits per heavy atom. The van der Waals surface area contributed by atoms with Crippen molar-refractivity contribution < 1.29 is 30.6 Å². The molecule has 6 N–H and O–H groups in total. The number of hydrogen-bond acceptors (Lipinski definition) is 6. The third-order valence-corrected chi connectivity index (χ3v) is 2.47. The minimum absolute atomic E-state index is 0.0966. The summed E-state index contributed by atoms with van der Waals surface area (Å²) in [6, 6.07) is 0. The van der Waals surface area contributed by atoms with Gasteiger partial charge in [-0.2, -0.15) is 0 Å². The zero-order chi connectivity index (χ0) is 12.8. The monoisotopic (exact) mass is 238 g/mol. The van der Waals surface area contributed by atoms with Crippen molar-refractivity contribution >= 4 is 0 Å². The van der Waals surface area contributed by atoms with Gasteiger partial charge < -0.3 is 30.6 Å². The third kappa shape index (κ3) is 6.37. The average Bonchev–Trinajstić information content (AvgIpc) is 2.16. The van der Waals surface area contributed by atoms with Gasteiger partial charge in [-0.3, -0.25) is 0 Å². The van der Waals surface area contributed by atoms with Gasteiger partial charge in [0.25, 0.3) is 0 Å². The quantitative estimate of drug-likeness (QED) is 0.290. The minimum atomic E-state index is -1.26.